The molecule has 4 rings (SSSR count). The van der Waals surface area contributed by atoms with Crippen LogP contribution in [0, 0.1) is 0 Å². The van der Waals surface area contributed by atoms with Crippen molar-refractivity contribution < 1.29 is 65.7 Å². The molecule has 1 aromatic heterocycles. The lowest BCUT2D eigenvalue weighted by atomic mass is 10.0. The van der Waals surface area contributed by atoms with Gasteiger partial charge in [-0.1, -0.05) is 5.16 Å². The third-order valence-corrected chi connectivity index (χ3v) is 7.72. The van der Waals surface area contributed by atoms with Gasteiger partial charge in [0, 0.05) is 23.3 Å². The van der Waals surface area contributed by atoms with Crippen LogP contribution in [-0.4, -0.2) is 108 Å². The van der Waals surface area contributed by atoms with Gasteiger partial charge in [0.1, 0.15) is 29.4 Å². The minimum absolute atomic E-state index is 0.00353. The number of thioether (sulfide) groups is 1. The van der Waals surface area contributed by atoms with Gasteiger partial charge in [0.2, 0.25) is 5.91 Å². The fourth-order valence-corrected chi connectivity index (χ4v) is 5.80. The molecule has 43 heavy (non-hydrogen) atoms. The van der Waals surface area contributed by atoms with Crippen LogP contribution in [0.15, 0.2) is 33.5 Å². The highest BCUT2D eigenvalue weighted by Crippen LogP contribution is 2.41. The molecule has 0 saturated carbocycles. The van der Waals surface area contributed by atoms with Gasteiger partial charge in [-0.3, -0.25) is 19.3 Å². The molecule has 234 valence electrons. The van der Waals surface area contributed by atoms with Gasteiger partial charge in [0.25, 0.3) is 11.8 Å². The number of nitrogens with two attached hydrogens (primary N) is 1. The third kappa shape index (κ3) is 7.55. The van der Waals surface area contributed by atoms with E-state index in [9.17, 15) is 55.8 Å². The summed E-state index contributed by atoms with van der Waals surface area (Å²) < 4.78 is 69.7. The van der Waals surface area contributed by atoms with E-state index in [1.165, 1.54) is 11.5 Å². The summed E-state index contributed by atoms with van der Waals surface area (Å²) >= 11 is 2.09. The largest absolute Gasteiger partial charge is 0.490 e. The number of nitrogen functional groups attached to an aromatic ring is 1. The number of halogens is 6. The van der Waals surface area contributed by atoms with E-state index in [0.717, 1.165) is 28.0 Å². The Morgan fingerprint density at radius 1 is 1.19 bits per heavy atom. The lowest BCUT2D eigenvalue weighted by molar-refractivity contribution is -0.192. The summed E-state index contributed by atoms with van der Waals surface area (Å²) in [7, 11) is 0. The second kappa shape index (κ2) is 12.5. The molecule has 2 fully saturated rings. The molecule has 6 N–H and O–H groups in total. The van der Waals surface area contributed by atoms with E-state index in [4.69, 9.17) is 15.6 Å². The van der Waals surface area contributed by atoms with Crippen molar-refractivity contribution in [2.45, 2.75) is 30.2 Å². The maximum absolute atomic E-state index is 12.8. The Balaban J connectivity index is 0.000000646. The van der Waals surface area contributed by atoms with E-state index >= 15 is 0 Å². The molecule has 2 saturated heterocycles. The SMILES string of the molecule is Nc1nc(/C(=N/O)C(=O)N[C@@H]2C(=O)N3C(C(=O)O)=C(/C=C4\CCN(CC(F)(F)F)C4=O)CS[C@H]23)cs1.O=C(O)C(F)(F)F. The van der Waals surface area contributed by atoms with Crippen LogP contribution < -0.4 is 11.1 Å². The van der Waals surface area contributed by atoms with E-state index in [-0.39, 0.29) is 40.7 Å². The van der Waals surface area contributed by atoms with Gasteiger partial charge in [-0.25, -0.2) is 14.6 Å². The molecule has 22 heteroatoms. The van der Waals surface area contributed by atoms with E-state index in [1.807, 2.05) is 0 Å². The highest BCUT2D eigenvalue weighted by atomic mass is 32.2. The number of carbonyl (C=O) groups is 5. The zero-order valence-corrected chi connectivity index (χ0v) is 22.6. The first-order valence-electron chi connectivity index (χ1n) is 11.4. The molecule has 3 aliphatic heterocycles. The molecule has 1 aromatic rings. The number of anilines is 1. The minimum atomic E-state index is -5.08. The van der Waals surface area contributed by atoms with Crippen LogP contribution in [0.5, 0.6) is 0 Å². The van der Waals surface area contributed by atoms with Gasteiger partial charge in [0.05, 0.1) is 0 Å². The van der Waals surface area contributed by atoms with Crippen molar-refractivity contribution in [1.29, 1.82) is 0 Å². The number of carboxylic acids is 2. The molecule has 0 unspecified atom stereocenters. The van der Waals surface area contributed by atoms with Crippen LogP contribution in [0.4, 0.5) is 31.5 Å². The molecular formula is C21H18F6N6O8S2. The quantitative estimate of drug-likeness (QED) is 0.0724. The first-order valence-corrected chi connectivity index (χ1v) is 13.3. The van der Waals surface area contributed by atoms with Crippen LogP contribution in [-0.2, 0) is 24.0 Å². The standard InChI is InChI=1S/C19H17F3N6O6S2.C2HF3O2/c20-19(21,22)6-27-2-1-7(14(27)30)3-8-4-35-16-11(15(31)28(16)12(8)17(32)33)25-13(29)10(26-34)9-5-36-18(23)24-9;3-2(4,5)1(6)7/h3,5,11,16,34H,1-2,4,6H2,(H2,23,24)(H,25,29)(H,32,33);(H,6,7)/b7-3+,26-10-;/t11-,16-;/m1./s1. The molecule has 3 amide bonds. The van der Waals surface area contributed by atoms with Crippen molar-refractivity contribution in [2.24, 2.45) is 5.16 Å². The maximum Gasteiger partial charge on any atom is 0.490 e. The monoisotopic (exact) mass is 660 g/mol. The summed E-state index contributed by atoms with van der Waals surface area (Å²) in [6, 6.07) is -1.14. The van der Waals surface area contributed by atoms with Gasteiger partial charge < -0.3 is 31.4 Å². The van der Waals surface area contributed by atoms with Crippen molar-refractivity contribution in [3.63, 3.8) is 0 Å². The number of fused-ring (bicyclic) bond motifs is 1. The number of nitrogens with one attached hydrogen (secondary N) is 1. The van der Waals surface area contributed by atoms with E-state index in [1.54, 1.807) is 0 Å². The molecule has 0 bridgehead atoms. The minimum Gasteiger partial charge on any atom is -0.477 e. The molecule has 14 nitrogen and oxygen atoms in total. The second-order valence-electron chi connectivity index (χ2n) is 8.62. The van der Waals surface area contributed by atoms with Crippen LogP contribution >= 0.6 is 23.1 Å². The molecule has 3 aliphatic rings. The lowest BCUT2D eigenvalue weighted by Crippen LogP contribution is -2.71. The number of allylic oxidation sites excluding steroid dienone is 1. The first-order chi connectivity index (χ1) is 19.9. The molecule has 0 spiro atoms. The van der Waals surface area contributed by atoms with E-state index in [0.29, 0.717) is 4.90 Å². The molecule has 4 heterocycles. The number of aromatic nitrogens is 1. The van der Waals surface area contributed by atoms with Crippen molar-refractivity contribution in [2.75, 3.05) is 24.6 Å². The summed E-state index contributed by atoms with van der Waals surface area (Å²) in [6.07, 6.45) is -8.44. The Morgan fingerprint density at radius 3 is 2.30 bits per heavy atom. The van der Waals surface area contributed by atoms with Gasteiger partial charge >= 0.3 is 24.3 Å². The predicted octanol–water partition coefficient (Wildman–Crippen LogP) is 0.996. The average molecular weight is 661 g/mol. The number of hydrogen-bond donors (Lipinski definition) is 5. The van der Waals surface area contributed by atoms with Crippen molar-refractivity contribution >= 4 is 63.6 Å². The number of nitrogens with zero attached hydrogens (tertiary/aromatic N) is 4. The van der Waals surface area contributed by atoms with Gasteiger partial charge in [-0.15, -0.1) is 23.1 Å². The summed E-state index contributed by atoms with van der Waals surface area (Å²) in [6.45, 7) is -1.57. The smallest absolute Gasteiger partial charge is 0.477 e. The number of carbonyl (C=O) groups excluding carboxylic acids is 3. The predicted molar refractivity (Wildman–Crippen MR) is 134 cm³/mol. The second-order valence-corrected chi connectivity index (χ2v) is 10.6. The molecule has 0 aliphatic carbocycles. The molecule has 0 radical (unpaired) electrons. The van der Waals surface area contributed by atoms with Crippen LogP contribution in [0.1, 0.15) is 12.1 Å². The van der Waals surface area contributed by atoms with Crippen LogP contribution in [0.3, 0.4) is 0 Å². The highest BCUT2D eigenvalue weighted by molar-refractivity contribution is 8.00. The van der Waals surface area contributed by atoms with Gasteiger partial charge in [0.15, 0.2) is 10.8 Å². The number of hydrogen-bond acceptors (Lipinski definition) is 11. The zero-order chi connectivity index (χ0) is 32.4. The summed E-state index contributed by atoms with van der Waals surface area (Å²) in [5.41, 5.74) is 4.69. The van der Waals surface area contributed by atoms with Gasteiger partial charge in [-0.05, 0) is 18.1 Å². The van der Waals surface area contributed by atoms with Gasteiger partial charge in [-0.2, -0.15) is 26.3 Å². The Bertz CT molecular complexity index is 1440. The summed E-state index contributed by atoms with van der Waals surface area (Å²) in [5, 5.41) is 32.1. The normalized spacial score (nSPS) is 21.7. The number of rotatable bonds is 6. The fraction of sp³-hybridized carbons (Fsp3) is 0.381. The first kappa shape index (κ1) is 33.2. The Morgan fingerprint density at radius 2 is 1.81 bits per heavy atom. The molecule has 2 atom stereocenters. The Hall–Kier alpha value is -4.34. The van der Waals surface area contributed by atoms with Crippen molar-refractivity contribution in [1.82, 2.24) is 20.1 Å². The fourth-order valence-electron chi connectivity index (χ4n) is 3.95. The zero-order valence-electron chi connectivity index (χ0n) is 21.0. The van der Waals surface area contributed by atoms with Crippen molar-refractivity contribution in [3.8, 4) is 0 Å². The Labute approximate surface area is 243 Å². The number of carboxylic acid groups (broad SMARTS) is 2. The topological polar surface area (TPSA) is 216 Å². The maximum atomic E-state index is 12.8. The van der Waals surface area contributed by atoms with Crippen LogP contribution in [0.25, 0.3) is 0 Å². The number of alkyl halides is 6. The number of aliphatic carboxylic acids is 2. The molecule has 0 aromatic carbocycles. The number of amides is 3. The summed E-state index contributed by atoms with van der Waals surface area (Å²) in [5.74, 6) is -6.76. The number of likely N-dealkylation sites (tertiary alicyclic amines) is 1. The van der Waals surface area contributed by atoms with E-state index < -0.39 is 71.4 Å². The highest BCUT2D eigenvalue weighted by Gasteiger charge is 2.54. The number of oxime groups is 1. The Kier molecular flexibility index (Phi) is 9.63. The number of β-lactam (4-membered cyclic amide) rings is 1. The van der Waals surface area contributed by atoms with Crippen LogP contribution in [0.2, 0.25) is 0 Å². The lowest BCUT2D eigenvalue weighted by Gasteiger charge is -2.49. The van der Waals surface area contributed by atoms with Crippen molar-refractivity contribution in [3.05, 3.63) is 34.0 Å². The number of thiazole rings is 1. The third-order valence-electron chi connectivity index (χ3n) is 5.74. The molecular weight excluding hydrogens is 642 g/mol. The van der Waals surface area contributed by atoms with E-state index in [2.05, 4.69) is 15.5 Å². The average Bonchev–Trinajstić information content (AvgIpc) is 3.46. The summed E-state index contributed by atoms with van der Waals surface area (Å²) in [4.78, 5) is 64.0.